The summed E-state index contributed by atoms with van der Waals surface area (Å²) in [5, 5.41) is 2.30. The van der Waals surface area contributed by atoms with E-state index in [4.69, 9.17) is 11.5 Å². The Hall–Kier alpha value is -2.11. The minimum atomic E-state index is -0.603. The fourth-order valence-electron chi connectivity index (χ4n) is 0.798. The molecule has 0 aliphatic rings. The van der Waals surface area contributed by atoms with Crippen molar-refractivity contribution in [2.45, 2.75) is 0 Å². The van der Waals surface area contributed by atoms with Gasteiger partial charge >= 0.3 is 0 Å². The van der Waals surface area contributed by atoms with Gasteiger partial charge < -0.3 is 16.8 Å². The molecule has 0 saturated heterocycles. The van der Waals surface area contributed by atoms with E-state index in [0.29, 0.717) is 5.69 Å². The largest absolute Gasteiger partial charge is 0.397 e. The van der Waals surface area contributed by atoms with Crippen LogP contribution >= 0.6 is 0 Å². The molecule has 5 N–H and O–H groups in total. The van der Waals surface area contributed by atoms with Crippen LogP contribution in [0.1, 0.15) is 10.5 Å². The average Bonchev–Trinajstić information content (AvgIpc) is 2.15. The Morgan fingerprint density at radius 1 is 1.43 bits per heavy atom. The molecule has 74 valence electrons. The van der Waals surface area contributed by atoms with Crippen LogP contribution in [0.4, 0.5) is 5.69 Å². The van der Waals surface area contributed by atoms with E-state index < -0.39 is 11.8 Å². The summed E-state index contributed by atoms with van der Waals surface area (Å²) in [6.07, 6.45) is 1.36. The number of pyridine rings is 1. The van der Waals surface area contributed by atoms with E-state index in [1.807, 2.05) is 0 Å². The molecule has 1 heterocycles. The molecule has 14 heavy (non-hydrogen) atoms. The third kappa shape index (κ3) is 2.74. The summed E-state index contributed by atoms with van der Waals surface area (Å²) in [5.74, 6) is -1.06. The summed E-state index contributed by atoms with van der Waals surface area (Å²) in [6, 6.07) is 3.01. The van der Waals surface area contributed by atoms with E-state index in [1.54, 1.807) is 6.07 Å². The summed E-state index contributed by atoms with van der Waals surface area (Å²) in [7, 11) is 0. The second-order valence-corrected chi connectivity index (χ2v) is 2.63. The van der Waals surface area contributed by atoms with Gasteiger partial charge in [-0.15, -0.1) is 0 Å². The van der Waals surface area contributed by atoms with Crippen LogP contribution in [0.15, 0.2) is 18.3 Å². The van der Waals surface area contributed by atoms with Gasteiger partial charge in [-0.3, -0.25) is 9.59 Å². The number of rotatable bonds is 3. The Bertz CT molecular complexity index is 347. The molecule has 0 spiro atoms. The average molecular weight is 194 g/mol. The summed E-state index contributed by atoms with van der Waals surface area (Å²) in [5.41, 5.74) is 10.9. The van der Waals surface area contributed by atoms with Gasteiger partial charge in [-0.05, 0) is 12.1 Å². The van der Waals surface area contributed by atoms with Gasteiger partial charge in [0.05, 0.1) is 18.4 Å². The highest BCUT2D eigenvalue weighted by atomic mass is 16.2. The number of hydrogen-bond donors (Lipinski definition) is 3. The molecule has 2 amide bonds. The number of amides is 2. The number of carbonyl (C=O) groups is 2. The number of primary amides is 1. The van der Waals surface area contributed by atoms with Crippen LogP contribution < -0.4 is 16.8 Å². The molecule has 6 nitrogen and oxygen atoms in total. The molecular weight excluding hydrogens is 184 g/mol. The second kappa shape index (κ2) is 4.22. The standard InChI is InChI=1S/C8H10N4O2/c9-5-1-2-6(11-3-5)8(14)12-4-7(10)13/h1-3H,4,9H2,(H2,10,13)(H,12,14). The van der Waals surface area contributed by atoms with Crippen LogP contribution in [0.3, 0.4) is 0 Å². The summed E-state index contributed by atoms with van der Waals surface area (Å²) in [4.78, 5) is 25.4. The van der Waals surface area contributed by atoms with Crippen LogP contribution in [-0.2, 0) is 4.79 Å². The third-order valence-electron chi connectivity index (χ3n) is 1.44. The van der Waals surface area contributed by atoms with Gasteiger partial charge in [-0.2, -0.15) is 0 Å². The number of hydrogen-bond acceptors (Lipinski definition) is 4. The first-order valence-electron chi connectivity index (χ1n) is 3.87. The van der Waals surface area contributed by atoms with Gasteiger partial charge in [0.15, 0.2) is 0 Å². The molecule has 0 unspecified atom stereocenters. The number of nitrogens with two attached hydrogens (primary N) is 2. The summed E-state index contributed by atoms with van der Waals surface area (Å²) >= 11 is 0. The van der Waals surface area contributed by atoms with Crippen molar-refractivity contribution in [1.82, 2.24) is 10.3 Å². The first-order chi connectivity index (χ1) is 6.59. The van der Waals surface area contributed by atoms with Crippen LogP contribution in [0.25, 0.3) is 0 Å². The minimum Gasteiger partial charge on any atom is -0.397 e. The number of nitrogens with zero attached hydrogens (tertiary/aromatic N) is 1. The Morgan fingerprint density at radius 2 is 2.14 bits per heavy atom. The maximum Gasteiger partial charge on any atom is 0.270 e. The van der Waals surface area contributed by atoms with Crippen molar-refractivity contribution < 1.29 is 9.59 Å². The topological polar surface area (TPSA) is 111 Å². The molecule has 1 aromatic heterocycles. The molecule has 1 rings (SSSR count). The number of carbonyl (C=O) groups excluding carboxylic acids is 2. The van der Waals surface area contributed by atoms with E-state index in [9.17, 15) is 9.59 Å². The first-order valence-corrected chi connectivity index (χ1v) is 3.87. The summed E-state index contributed by atoms with van der Waals surface area (Å²) in [6.45, 7) is -0.203. The van der Waals surface area contributed by atoms with Crippen molar-refractivity contribution in [1.29, 1.82) is 0 Å². The van der Waals surface area contributed by atoms with Crippen molar-refractivity contribution in [3.05, 3.63) is 24.0 Å². The van der Waals surface area contributed by atoms with E-state index in [1.165, 1.54) is 12.3 Å². The maximum absolute atomic E-state index is 11.2. The molecule has 0 aliphatic carbocycles. The van der Waals surface area contributed by atoms with E-state index >= 15 is 0 Å². The van der Waals surface area contributed by atoms with E-state index in [2.05, 4.69) is 10.3 Å². The predicted octanol–water partition coefficient (Wildman–Crippen LogP) is -1.12. The number of aromatic nitrogens is 1. The van der Waals surface area contributed by atoms with Gasteiger partial charge in [0.1, 0.15) is 5.69 Å². The van der Waals surface area contributed by atoms with Gasteiger partial charge in [0, 0.05) is 0 Å². The number of anilines is 1. The molecule has 0 radical (unpaired) electrons. The zero-order valence-corrected chi connectivity index (χ0v) is 7.36. The quantitative estimate of drug-likeness (QED) is 0.565. The van der Waals surface area contributed by atoms with Gasteiger partial charge in [-0.25, -0.2) is 4.98 Å². The van der Waals surface area contributed by atoms with Crippen molar-refractivity contribution >= 4 is 17.5 Å². The highest BCUT2D eigenvalue weighted by Gasteiger charge is 2.06. The Labute approximate surface area is 80.3 Å². The highest BCUT2D eigenvalue weighted by molar-refractivity contribution is 5.94. The van der Waals surface area contributed by atoms with Gasteiger partial charge in [0.2, 0.25) is 5.91 Å². The van der Waals surface area contributed by atoms with Crippen LogP contribution in [0.5, 0.6) is 0 Å². The smallest absolute Gasteiger partial charge is 0.270 e. The van der Waals surface area contributed by atoms with Crippen molar-refractivity contribution in [3.63, 3.8) is 0 Å². The molecule has 0 bridgehead atoms. The summed E-state index contributed by atoms with van der Waals surface area (Å²) < 4.78 is 0. The Kier molecular flexibility index (Phi) is 3.01. The molecule has 0 saturated carbocycles. The lowest BCUT2D eigenvalue weighted by Gasteiger charge is -2.01. The van der Waals surface area contributed by atoms with E-state index in [-0.39, 0.29) is 12.2 Å². The number of nitrogens with one attached hydrogen (secondary N) is 1. The lowest BCUT2D eigenvalue weighted by atomic mass is 10.3. The highest BCUT2D eigenvalue weighted by Crippen LogP contribution is 2.00. The molecule has 0 aliphatic heterocycles. The van der Waals surface area contributed by atoms with E-state index in [0.717, 1.165) is 0 Å². The molecule has 0 atom stereocenters. The Morgan fingerprint density at radius 3 is 2.64 bits per heavy atom. The van der Waals surface area contributed by atoms with Crippen molar-refractivity contribution in [2.24, 2.45) is 5.73 Å². The molecule has 0 fully saturated rings. The maximum atomic E-state index is 11.2. The van der Waals surface area contributed by atoms with Crippen LogP contribution in [0, 0.1) is 0 Å². The lowest BCUT2D eigenvalue weighted by Crippen LogP contribution is -2.33. The normalized spacial score (nSPS) is 9.43. The zero-order chi connectivity index (χ0) is 10.6. The molecule has 6 heteroatoms. The van der Waals surface area contributed by atoms with Gasteiger partial charge in [-0.1, -0.05) is 0 Å². The Balaban J connectivity index is 2.61. The molecular formula is C8H10N4O2. The fourth-order valence-corrected chi connectivity index (χ4v) is 0.798. The first kappa shape index (κ1) is 9.97. The van der Waals surface area contributed by atoms with Crippen molar-refractivity contribution in [3.8, 4) is 0 Å². The second-order valence-electron chi connectivity index (χ2n) is 2.63. The third-order valence-corrected chi connectivity index (χ3v) is 1.44. The molecule has 1 aromatic rings. The predicted molar refractivity (Wildman–Crippen MR) is 50.2 cm³/mol. The molecule has 0 aromatic carbocycles. The fraction of sp³-hybridized carbons (Fsp3) is 0.125. The minimum absolute atomic E-state index is 0.195. The van der Waals surface area contributed by atoms with Crippen LogP contribution in [0.2, 0.25) is 0 Å². The lowest BCUT2D eigenvalue weighted by molar-refractivity contribution is -0.117. The number of nitrogen functional groups attached to an aromatic ring is 1. The zero-order valence-electron chi connectivity index (χ0n) is 7.36. The van der Waals surface area contributed by atoms with Gasteiger partial charge in [0.25, 0.3) is 5.91 Å². The monoisotopic (exact) mass is 194 g/mol. The van der Waals surface area contributed by atoms with Crippen molar-refractivity contribution in [2.75, 3.05) is 12.3 Å². The van der Waals surface area contributed by atoms with Crippen LogP contribution in [-0.4, -0.2) is 23.3 Å². The SMILES string of the molecule is NC(=O)CNC(=O)c1ccc(N)cn1.